The average Bonchev–Trinajstić information content (AvgIpc) is 2.37. The first-order valence-electron chi connectivity index (χ1n) is 7.20. The number of rotatable bonds is 3. The molecule has 0 atom stereocenters. The first kappa shape index (κ1) is 15.3. The second-order valence-corrected chi connectivity index (χ2v) is 7.23. The zero-order chi connectivity index (χ0) is 14.6. The quantitative estimate of drug-likeness (QED) is 0.861. The van der Waals surface area contributed by atoms with E-state index in [9.17, 15) is 8.42 Å². The highest BCUT2D eigenvalue weighted by atomic mass is 32.2. The number of nitrogens with zero attached hydrogens (tertiary/aromatic N) is 1. The molecule has 2 rings (SSSR count). The molecule has 4 nitrogen and oxygen atoms in total. The zero-order valence-electron chi connectivity index (χ0n) is 12.3. The van der Waals surface area contributed by atoms with Crippen LogP contribution in [0.25, 0.3) is 0 Å². The fourth-order valence-corrected chi connectivity index (χ4v) is 4.34. The van der Waals surface area contributed by atoms with Crippen molar-refractivity contribution >= 4 is 10.0 Å². The van der Waals surface area contributed by atoms with E-state index in [1.807, 2.05) is 13.0 Å². The maximum Gasteiger partial charge on any atom is 0.246 e. The fourth-order valence-electron chi connectivity index (χ4n) is 2.58. The highest BCUT2D eigenvalue weighted by molar-refractivity contribution is 7.89. The fraction of sp³-hybridized carbons (Fsp3) is 0.600. The lowest BCUT2D eigenvalue weighted by molar-refractivity contribution is 0.358. The summed E-state index contributed by atoms with van der Waals surface area (Å²) in [6, 6.07) is 5.30. The number of hydrogen-bond donors (Lipinski definition) is 0. The standard InChI is InChI=1S/C15H23NO3S/c1-13-8-9-14(19-2)15(12-13)20(17,18)16-10-6-4-3-5-7-11-16/h8-9,12H,3-7,10-11H2,1-2H3. The van der Waals surface area contributed by atoms with Gasteiger partial charge < -0.3 is 4.74 Å². The number of sulfonamides is 1. The van der Waals surface area contributed by atoms with Gasteiger partial charge in [-0.2, -0.15) is 4.31 Å². The third-order valence-electron chi connectivity index (χ3n) is 3.75. The van der Waals surface area contributed by atoms with E-state index in [2.05, 4.69) is 0 Å². The first-order valence-corrected chi connectivity index (χ1v) is 8.64. The molecule has 1 saturated heterocycles. The van der Waals surface area contributed by atoms with E-state index in [1.54, 1.807) is 16.4 Å². The number of ether oxygens (including phenoxy) is 1. The zero-order valence-corrected chi connectivity index (χ0v) is 13.1. The van der Waals surface area contributed by atoms with Gasteiger partial charge in [0.05, 0.1) is 7.11 Å². The Morgan fingerprint density at radius 2 is 1.65 bits per heavy atom. The molecular formula is C15H23NO3S. The van der Waals surface area contributed by atoms with Crippen LogP contribution in [0.3, 0.4) is 0 Å². The van der Waals surface area contributed by atoms with Crippen LogP contribution >= 0.6 is 0 Å². The van der Waals surface area contributed by atoms with Gasteiger partial charge in [0, 0.05) is 13.1 Å². The summed E-state index contributed by atoms with van der Waals surface area (Å²) < 4.78 is 32.5. The lowest BCUT2D eigenvalue weighted by atomic mass is 10.1. The molecule has 1 heterocycles. The van der Waals surface area contributed by atoms with Crippen molar-refractivity contribution in [2.75, 3.05) is 20.2 Å². The molecule has 1 aliphatic heterocycles. The van der Waals surface area contributed by atoms with Crippen LogP contribution in [0.15, 0.2) is 23.1 Å². The first-order chi connectivity index (χ1) is 9.55. The largest absolute Gasteiger partial charge is 0.495 e. The molecule has 0 bridgehead atoms. The van der Waals surface area contributed by atoms with E-state index in [1.165, 1.54) is 13.5 Å². The van der Waals surface area contributed by atoms with Gasteiger partial charge in [-0.3, -0.25) is 0 Å². The number of aryl methyl sites for hydroxylation is 1. The Bertz CT molecular complexity index is 546. The molecular weight excluding hydrogens is 274 g/mol. The molecule has 0 N–H and O–H groups in total. The number of benzene rings is 1. The van der Waals surface area contributed by atoms with Gasteiger partial charge >= 0.3 is 0 Å². The maximum absolute atomic E-state index is 12.8. The predicted molar refractivity (Wildman–Crippen MR) is 79.6 cm³/mol. The van der Waals surface area contributed by atoms with E-state index in [-0.39, 0.29) is 0 Å². The monoisotopic (exact) mass is 297 g/mol. The van der Waals surface area contributed by atoms with Gasteiger partial charge in [-0.25, -0.2) is 8.42 Å². The van der Waals surface area contributed by atoms with Gasteiger partial charge in [-0.05, 0) is 37.5 Å². The van der Waals surface area contributed by atoms with Crippen molar-refractivity contribution in [2.24, 2.45) is 0 Å². The van der Waals surface area contributed by atoms with Gasteiger partial charge in [0.1, 0.15) is 10.6 Å². The van der Waals surface area contributed by atoms with Crippen LogP contribution in [0, 0.1) is 6.92 Å². The minimum Gasteiger partial charge on any atom is -0.495 e. The lowest BCUT2D eigenvalue weighted by Crippen LogP contribution is -2.34. The van der Waals surface area contributed by atoms with Crippen LogP contribution < -0.4 is 4.74 Å². The summed E-state index contributed by atoms with van der Waals surface area (Å²) >= 11 is 0. The second kappa shape index (κ2) is 6.59. The highest BCUT2D eigenvalue weighted by Crippen LogP contribution is 2.28. The highest BCUT2D eigenvalue weighted by Gasteiger charge is 2.27. The molecule has 0 aromatic heterocycles. The number of methoxy groups -OCH3 is 1. The SMILES string of the molecule is COc1ccc(C)cc1S(=O)(=O)N1CCCCCCC1. The van der Waals surface area contributed by atoms with Crippen LogP contribution in [0.2, 0.25) is 0 Å². The van der Waals surface area contributed by atoms with Gasteiger partial charge in [0.2, 0.25) is 10.0 Å². The van der Waals surface area contributed by atoms with Gasteiger partial charge in [0.15, 0.2) is 0 Å². The Morgan fingerprint density at radius 1 is 1.05 bits per heavy atom. The molecule has 0 aliphatic carbocycles. The van der Waals surface area contributed by atoms with Crippen molar-refractivity contribution in [3.63, 3.8) is 0 Å². The molecule has 0 spiro atoms. The molecule has 0 unspecified atom stereocenters. The van der Waals surface area contributed by atoms with E-state index in [4.69, 9.17) is 4.74 Å². The third-order valence-corrected chi connectivity index (χ3v) is 5.67. The van der Waals surface area contributed by atoms with Crippen molar-refractivity contribution in [1.29, 1.82) is 0 Å². The molecule has 112 valence electrons. The van der Waals surface area contributed by atoms with E-state index >= 15 is 0 Å². The second-order valence-electron chi connectivity index (χ2n) is 5.33. The smallest absolute Gasteiger partial charge is 0.246 e. The van der Waals surface area contributed by atoms with E-state index in [0.717, 1.165) is 31.2 Å². The minimum atomic E-state index is -3.46. The summed E-state index contributed by atoms with van der Waals surface area (Å²) in [6.45, 7) is 3.12. The summed E-state index contributed by atoms with van der Waals surface area (Å²) in [5.74, 6) is 0.428. The Morgan fingerprint density at radius 3 is 2.25 bits per heavy atom. The van der Waals surface area contributed by atoms with Crippen LogP contribution in [0.5, 0.6) is 5.75 Å². The molecule has 0 amide bonds. The molecule has 1 aromatic rings. The molecule has 1 fully saturated rings. The summed E-state index contributed by atoms with van der Waals surface area (Å²) in [5.41, 5.74) is 0.927. The van der Waals surface area contributed by atoms with Crippen molar-refractivity contribution < 1.29 is 13.2 Å². The molecule has 0 radical (unpaired) electrons. The summed E-state index contributed by atoms with van der Waals surface area (Å²) in [6.07, 6.45) is 5.30. The summed E-state index contributed by atoms with van der Waals surface area (Å²) in [4.78, 5) is 0.292. The minimum absolute atomic E-state index is 0.292. The maximum atomic E-state index is 12.8. The molecule has 5 heteroatoms. The van der Waals surface area contributed by atoms with Crippen LogP contribution in [0.1, 0.15) is 37.7 Å². The molecule has 1 aliphatic rings. The lowest BCUT2D eigenvalue weighted by Gasteiger charge is -2.25. The topological polar surface area (TPSA) is 46.6 Å². The summed E-state index contributed by atoms with van der Waals surface area (Å²) in [5, 5.41) is 0. The van der Waals surface area contributed by atoms with Crippen LogP contribution in [0.4, 0.5) is 0 Å². The Kier molecular flexibility index (Phi) is 5.05. The third kappa shape index (κ3) is 3.33. The predicted octanol–water partition coefficient (Wildman–Crippen LogP) is 2.96. The van der Waals surface area contributed by atoms with Crippen LogP contribution in [-0.4, -0.2) is 32.9 Å². The molecule has 1 aromatic carbocycles. The van der Waals surface area contributed by atoms with Crippen molar-refractivity contribution in [2.45, 2.75) is 43.9 Å². The van der Waals surface area contributed by atoms with E-state index in [0.29, 0.717) is 23.7 Å². The average molecular weight is 297 g/mol. The van der Waals surface area contributed by atoms with Crippen LogP contribution in [-0.2, 0) is 10.0 Å². The number of hydrogen-bond acceptors (Lipinski definition) is 3. The normalized spacial score (nSPS) is 18.3. The van der Waals surface area contributed by atoms with Gasteiger partial charge in [0.25, 0.3) is 0 Å². The molecule has 20 heavy (non-hydrogen) atoms. The Hall–Kier alpha value is -1.07. The van der Waals surface area contributed by atoms with E-state index < -0.39 is 10.0 Å². The Balaban J connectivity index is 2.35. The van der Waals surface area contributed by atoms with Gasteiger partial charge in [-0.1, -0.05) is 25.3 Å². The van der Waals surface area contributed by atoms with Crippen molar-refractivity contribution in [1.82, 2.24) is 4.31 Å². The van der Waals surface area contributed by atoms with Crippen molar-refractivity contribution in [3.05, 3.63) is 23.8 Å². The summed E-state index contributed by atoms with van der Waals surface area (Å²) in [7, 11) is -1.95. The van der Waals surface area contributed by atoms with Gasteiger partial charge in [-0.15, -0.1) is 0 Å². The Labute approximate surface area is 121 Å². The molecule has 0 saturated carbocycles. The van der Waals surface area contributed by atoms with Crippen molar-refractivity contribution in [3.8, 4) is 5.75 Å².